The van der Waals surface area contributed by atoms with Crippen LogP contribution < -0.4 is 10.5 Å². The van der Waals surface area contributed by atoms with Crippen molar-refractivity contribution in [3.63, 3.8) is 0 Å². The van der Waals surface area contributed by atoms with Crippen molar-refractivity contribution in [1.29, 1.82) is 0 Å². The molecule has 0 radical (unpaired) electrons. The van der Waals surface area contributed by atoms with E-state index in [2.05, 4.69) is 25.7 Å². The number of aryl methyl sites for hydroxylation is 1. The standard InChI is InChI=1S/C27H36N4O2S2/c1-5-6-7-8-9-12-31-26(33)22(35-27(31)34)15-21-24(29-16-18(2)14-19(3)17-29)28-23-20(4)11-10-13-30(23)25(21)32/h10-11,13,15,18-19H,5-9,12,14,16-17H2,1-4H3/b22-15-/t18-,19-/m0/s1. The van der Waals surface area contributed by atoms with Gasteiger partial charge in [0.25, 0.3) is 11.5 Å². The third-order valence-corrected chi connectivity index (χ3v) is 8.24. The van der Waals surface area contributed by atoms with Crippen molar-refractivity contribution in [3.8, 4) is 0 Å². The lowest BCUT2D eigenvalue weighted by molar-refractivity contribution is -0.122. The minimum Gasteiger partial charge on any atom is -0.355 e. The molecule has 0 aromatic carbocycles. The molecule has 0 spiro atoms. The first-order valence-corrected chi connectivity index (χ1v) is 14.0. The SMILES string of the molecule is CCCCCCCN1C(=O)/C(=C/c2c(N3C[C@@H](C)C[C@H](C)C3)nc3c(C)cccn3c2=O)SC1=S. The van der Waals surface area contributed by atoms with E-state index in [0.717, 1.165) is 37.9 Å². The number of unbranched alkanes of at least 4 members (excludes halogenated alkanes) is 4. The Kier molecular flexibility index (Phi) is 8.32. The first-order chi connectivity index (χ1) is 16.8. The Morgan fingerprint density at radius 2 is 1.86 bits per heavy atom. The number of piperidine rings is 1. The van der Waals surface area contributed by atoms with E-state index in [1.807, 2.05) is 19.1 Å². The fraction of sp³-hybridized carbons (Fsp3) is 0.556. The van der Waals surface area contributed by atoms with E-state index in [1.165, 1.54) is 31.0 Å². The Balaban J connectivity index is 1.71. The fourth-order valence-electron chi connectivity index (χ4n) is 5.20. The molecule has 2 aromatic rings. The maximum absolute atomic E-state index is 13.7. The number of pyridine rings is 1. The van der Waals surface area contributed by atoms with Crippen LogP contribution in [0.5, 0.6) is 0 Å². The van der Waals surface area contributed by atoms with Crippen molar-refractivity contribution in [2.45, 2.75) is 66.2 Å². The number of thioether (sulfide) groups is 1. The van der Waals surface area contributed by atoms with Gasteiger partial charge in [-0.05, 0) is 49.3 Å². The maximum Gasteiger partial charge on any atom is 0.267 e. The molecule has 2 saturated heterocycles. The number of fused-ring (bicyclic) bond motifs is 1. The van der Waals surface area contributed by atoms with Crippen LogP contribution in [0.2, 0.25) is 0 Å². The quantitative estimate of drug-likeness (QED) is 0.259. The molecule has 35 heavy (non-hydrogen) atoms. The second-order valence-electron chi connectivity index (χ2n) is 10.1. The van der Waals surface area contributed by atoms with Gasteiger partial charge >= 0.3 is 0 Å². The average Bonchev–Trinajstić information content (AvgIpc) is 3.07. The number of hydrogen-bond acceptors (Lipinski definition) is 6. The van der Waals surface area contributed by atoms with Crippen LogP contribution in [-0.2, 0) is 4.79 Å². The Labute approximate surface area is 217 Å². The molecule has 2 aromatic heterocycles. The molecule has 0 saturated carbocycles. The molecular formula is C27H36N4O2S2. The number of anilines is 1. The number of rotatable bonds is 8. The average molecular weight is 513 g/mol. The van der Waals surface area contributed by atoms with Gasteiger partial charge in [0.2, 0.25) is 0 Å². The normalized spacial score (nSPS) is 22.1. The van der Waals surface area contributed by atoms with E-state index in [0.29, 0.717) is 44.6 Å². The molecule has 0 aliphatic carbocycles. The summed E-state index contributed by atoms with van der Waals surface area (Å²) < 4.78 is 2.17. The van der Waals surface area contributed by atoms with Gasteiger partial charge in [-0.1, -0.05) is 76.5 Å². The van der Waals surface area contributed by atoms with E-state index in [1.54, 1.807) is 21.6 Å². The molecule has 4 rings (SSSR count). The Hall–Kier alpha value is -2.19. The summed E-state index contributed by atoms with van der Waals surface area (Å²) >= 11 is 6.84. The van der Waals surface area contributed by atoms with Gasteiger partial charge < -0.3 is 4.90 Å². The zero-order valence-electron chi connectivity index (χ0n) is 21.2. The first-order valence-electron chi connectivity index (χ1n) is 12.8. The van der Waals surface area contributed by atoms with Gasteiger partial charge in [-0.3, -0.25) is 18.9 Å². The summed E-state index contributed by atoms with van der Waals surface area (Å²) in [4.78, 5) is 36.4. The molecule has 188 valence electrons. The molecule has 0 N–H and O–H groups in total. The molecule has 6 nitrogen and oxygen atoms in total. The summed E-state index contributed by atoms with van der Waals surface area (Å²) in [6, 6.07) is 3.83. The van der Waals surface area contributed by atoms with Crippen molar-refractivity contribution in [1.82, 2.24) is 14.3 Å². The molecule has 0 bridgehead atoms. The van der Waals surface area contributed by atoms with Crippen LogP contribution in [-0.4, -0.2) is 44.1 Å². The summed E-state index contributed by atoms with van der Waals surface area (Å²) in [7, 11) is 0. The van der Waals surface area contributed by atoms with Gasteiger partial charge in [-0.15, -0.1) is 0 Å². The number of nitrogens with zero attached hydrogens (tertiary/aromatic N) is 4. The lowest BCUT2D eigenvalue weighted by atomic mass is 9.91. The molecule has 8 heteroatoms. The summed E-state index contributed by atoms with van der Waals surface area (Å²) in [6.45, 7) is 11.0. The highest BCUT2D eigenvalue weighted by atomic mass is 32.2. The summed E-state index contributed by atoms with van der Waals surface area (Å²) in [5, 5.41) is 0. The summed E-state index contributed by atoms with van der Waals surface area (Å²) in [6.07, 6.45) is 10.3. The van der Waals surface area contributed by atoms with E-state index in [-0.39, 0.29) is 11.5 Å². The van der Waals surface area contributed by atoms with Crippen LogP contribution in [0.1, 0.15) is 70.4 Å². The molecule has 0 unspecified atom stereocenters. The Morgan fingerprint density at radius 3 is 2.57 bits per heavy atom. The first kappa shape index (κ1) is 25.9. The number of thiocarbonyl (C=S) groups is 1. The van der Waals surface area contributed by atoms with Crippen LogP contribution in [0.15, 0.2) is 28.0 Å². The van der Waals surface area contributed by atoms with Crippen molar-refractivity contribution < 1.29 is 4.79 Å². The van der Waals surface area contributed by atoms with E-state index >= 15 is 0 Å². The van der Waals surface area contributed by atoms with Crippen molar-refractivity contribution in [2.75, 3.05) is 24.5 Å². The van der Waals surface area contributed by atoms with Gasteiger partial charge in [0, 0.05) is 25.8 Å². The third-order valence-electron chi connectivity index (χ3n) is 6.87. The van der Waals surface area contributed by atoms with Gasteiger partial charge in [0.1, 0.15) is 15.8 Å². The van der Waals surface area contributed by atoms with Crippen LogP contribution in [0, 0.1) is 18.8 Å². The van der Waals surface area contributed by atoms with E-state index in [9.17, 15) is 9.59 Å². The largest absolute Gasteiger partial charge is 0.355 e. The highest BCUT2D eigenvalue weighted by Gasteiger charge is 2.33. The zero-order chi connectivity index (χ0) is 25.1. The fourth-order valence-corrected chi connectivity index (χ4v) is 6.49. The van der Waals surface area contributed by atoms with Crippen molar-refractivity contribution >= 4 is 51.7 Å². The zero-order valence-corrected chi connectivity index (χ0v) is 22.9. The van der Waals surface area contributed by atoms with E-state index < -0.39 is 0 Å². The maximum atomic E-state index is 13.7. The van der Waals surface area contributed by atoms with Gasteiger partial charge in [0.05, 0.1) is 10.5 Å². The Bertz CT molecular complexity index is 1200. The summed E-state index contributed by atoms with van der Waals surface area (Å²) in [5.41, 5.74) is 1.93. The van der Waals surface area contributed by atoms with E-state index in [4.69, 9.17) is 17.2 Å². The summed E-state index contributed by atoms with van der Waals surface area (Å²) in [5.74, 6) is 1.59. The number of hydrogen-bond donors (Lipinski definition) is 0. The lowest BCUT2D eigenvalue weighted by Crippen LogP contribution is -2.40. The second-order valence-corrected chi connectivity index (χ2v) is 11.8. The van der Waals surface area contributed by atoms with Gasteiger partial charge in [-0.25, -0.2) is 4.98 Å². The Morgan fingerprint density at radius 1 is 1.14 bits per heavy atom. The smallest absolute Gasteiger partial charge is 0.267 e. The number of carbonyl (C=O) groups excluding carboxylic acids is 1. The number of amides is 1. The number of carbonyl (C=O) groups is 1. The highest BCUT2D eigenvalue weighted by Crippen LogP contribution is 2.35. The van der Waals surface area contributed by atoms with Crippen LogP contribution >= 0.6 is 24.0 Å². The molecular weight excluding hydrogens is 476 g/mol. The lowest BCUT2D eigenvalue weighted by Gasteiger charge is -2.36. The monoisotopic (exact) mass is 512 g/mol. The van der Waals surface area contributed by atoms with Gasteiger partial charge in [-0.2, -0.15) is 0 Å². The predicted octanol–water partition coefficient (Wildman–Crippen LogP) is 5.66. The third kappa shape index (κ3) is 5.64. The van der Waals surface area contributed by atoms with Crippen LogP contribution in [0.3, 0.4) is 0 Å². The van der Waals surface area contributed by atoms with Crippen molar-refractivity contribution in [2.24, 2.45) is 11.8 Å². The topological polar surface area (TPSA) is 57.9 Å². The molecule has 2 atom stereocenters. The highest BCUT2D eigenvalue weighted by molar-refractivity contribution is 8.26. The molecule has 1 amide bonds. The van der Waals surface area contributed by atoms with Crippen LogP contribution in [0.25, 0.3) is 11.7 Å². The minimum absolute atomic E-state index is 0.101. The molecule has 2 fully saturated rings. The predicted molar refractivity (Wildman–Crippen MR) is 150 cm³/mol. The number of aromatic nitrogens is 2. The molecule has 2 aliphatic rings. The van der Waals surface area contributed by atoms with Gasteiger partial charge in [0.15, 0.2) is 0 Å². The molecule has 4 heterocycles. The van der Waals surface area contributed by atoms with Crippen LogP contribution in [0.4, 0.5) is 5.82 Å². The molecule has 2 aliphatic heterocycles. The van der Waals surface area contributed by atoms with Crippen molar-refractivity contribution in [3.05, 3.63) is 44.7 Å². The minimum atomic E-state index is -0.149. The second kappa shape index (κ2) is 11.2.